The van der Waals surface area contributed by atoms with Crippen molar-refractivity contribution < 1.29 is 9.59 Å². The van der Waals surface area contributed by atoms with Gasteiger partial charge in [0.05, 0.1) is 17.3 Å². The number of hydrogen-bond acceptors (Lipinski definition) is 4. The van der Waals surface area contributed by atoms with Crippen LogP contribution in [0.2, 0.25) is 0 Å². The maximum atomic E-state index is 12.4. The van der Waals surface area contributed by atoms with Gasteiger partial charge in [0.15, 0.2) is 5.69 Å². The molecule has 1 atom stereocenters. The van der Waals surface area contributed by atoms with Gasteiger partial charge in [-0.1, -0.05) is 12.1 Å². The molecule has 7 nitrogen and oxygen atoms in total. The van der Waals surface area contributed by atoms with E-state index >= 15 is 0 Å². The number of benzene rings is 1. The van der Waals surface area contributed by atoms with E-state index in [0.29, 0.717) is 16.9 Å². The molecule has 1 aliphatic rings. The van der Waals surface area contributed by atoms with Crippen molar-refractivity contribution in [2.45, 2.75) is 18.9 Å². The number of hydrogen-bond donors (Lipinski definition) is 3. The Balaban J connectivity index is 1.74. The maximum Gasteiger partial charge on any atom is 0.276 e. The molecule has 0 spiro atoms. The zero-order valence-corrected chi connectivity index (χ0v) is 13.6. The summed E-state index contributed by atoms with van der Waals surface area (Å²) in [5, 5.41) is 13.1. The van der Waals surface area contributed by atoms with Crippen LogP contribution >= 0.6 is 0 Å². The highest BCUT2D eigenvalue weighted by Gasteiger charge is 2.19. The minimum Gasteiger partial charge on any atom is -0.355 e. The quantitative estimate of drug-likeness (QED) is 0.792. The van der Waals surface area contributed by atoms with Crippen LogP contribution in [0.5, 0.6) is 0 Å². The van der Waals surface area contributed by atoms with Gasteiger partial charge in [-0.05, 0) is 37.6 Å². The van der Waals surface area contributed by atoms with Crippen molar-refractivity contribution in [3.8, 4) is 0 Å². The predicted molar refractivity (Wildman–Crippen MR) is 91.2 cm³/mol. The molecule has 1 saturated heterocycles. The molecule has 2 heterocycles. The van der Waals surface area contributed by atoms with Crippen LogP contribution in [0.15, 0.2) is 36.5 Å². The van der Waals surface area contributed by atoms with Gasteiger partial charge in [0, 0.05) is 19.8 Å². The van der Waals surface area contributed by atoms with Gasteiger partial charge in [-0.25, -0.2) is 0 Å². The Bertz CT molecular complexity index is 734. The van der Waals surface area contributed by atoms with Gasteiger partial charge in [-0.2, -0.15) is 5.10 Å². The average Bonchev–Trinajstić information content (AvgIpc) is 3.12. The summed E-state index contributed by atoms with van der Waals surface area (Å²) >= 11 is 0. The Morgan fingerprint density at radius 2 is 2.08 bits per heavy atom. The number of aromatic nitrogens is 2. The molecular formula is C17H21N5O2. The monoisotopic (exact) mass is 327 g/mol. The lowest BCUT2D eigenvalue weighted by molar-refractivity contribution is 0.0964. The zero-order valence-electron chi connectivity index (χ0n) is 13.6. The third-order valence-corrected chi connectivity index (χ3v) is 4.13. The van der Waals surface area contributed by atoms with E-state index in [2.05, 4.69) is 21.0 Å². The SMILES string of the molecule is CNC(=O)c1ccccc1NC(=O)c1ccn(C2CCCNC2)n1. The van der Waals surface area contributed by atoms with Gasteiger partial charge >= 0.3 is 0 Å². The number of para-hydroxylation sites is 1. The molecule has 3 rings (SSSR count). The summed E-state index contributed by atoms with van der Waals surface area (Å²) in [5.74, 6) is -0.571. The van der Waals surface area contributed by atoms with Gasteiger partial charge in [0.1, 0.15) is 0 Å². The molecule has 1 aliphatic heterocycles. The largest absolute Gasteiger partial charge is 0.355 e. The Morgan fingerprint density at radius 3 is 2.83 bits per heavy atom. The average molecular weight is 327 g/mol. The van der Waals surface area contributed by atoms with E-state index in [-0.39, 0.29) is 17.9 Å². The molecule has 0 radical (unpaired) electrons. The number of anilines is 1. The summed E-state index contributed by atoms with van der Waals surface area (Å²) < 4.78 is 1.84. The van der Waals surface area contributed by atoms with E-state index in [9.17, 15) is 9.59 Å². The third-order valence-electron chi connectivity index (χ3n) is 4.13. The van der Waals surface area contributed by atoms with Crippen molar-refractivity contribution in [1.29, 1.82) is 0 Å². The molecule has 7 heteroatoms. The van der Waals surface area contributed by atoms with E-state index in [0.717, 1.165) is 25.9 Å². The summed E-state index contributed by atoms with van der Waals surface area (Å²) in [6.07, 6.45) is 3.98. The summed E-state index contributed by atoms with van der Waals surface area (Å²) in [6, 6.07) is 8.87. The van der Waals surface area contributed by atoms with E-state index in [1.807, 2.05) is 10.9 Å². The van der Waals surface area contributed by atoms with Crippen LogP contribution in [0.4, 0.5) is 5.69 Å². The first kappa shape index (κ1) is 16.2. The van der Waals surface area contributed by atoms with Crippen LogP contribution in [-0.4, -0.2) is 41.7 Å². The van der Waals surface area contributed by atoms with E-state index in [1.54, 1.807) is 37.4 Å². The van der Waals surface area contributed by atoms with Crippen molar-refractivity contribution in [3.05, 3.63) is 47.8 Å². The first-order valence-electron chi connectivity index (χ1n) is 8.07. The zero-order chi connectivity index (χ0) is 16.9. The number of piperidine rings is 1. The van der Waals surface area contributed by atoms with Gasteiger partial charge < -0.3 is 16.0 Å². The number of rotatable bonds is 4. The first-order chi connectivity index (χ1) is 11.7. The number of amides is 2. The van der Waals surface area contributed by atoms with Crippen LogP contribution < -0.4 is 16.0 Å². The van der Waals surface area contributed by atoms with E-state index in [4.69, 9.17) is 0 Å². The Hall–Kier alpha value is -2.67. The fourth-order valence-electron chi connectivity index (χ4n) is 2.83. The van der Waals surface area contributed by atoms with Crippen LogP contribution in [0, 0.1) is 0 Å². The lowest BCUT2D eigenvalue weighted by Gasteiger charge is -2.22. The molecule has 0 saturated carbocycles. The summed E-state index contributed by atoms with van der Waals surface area (Å²) in [4.78, 5) is 24.3. The minimum absolute atomic E-state index is 0.246. The van der Waals surface area contributed by atoms with Crippen LogP contribution in [0.25, 0.3) is 0 Å². The Morgan fingerprint density at radius 1 is 1.25 bits per heavy atom. The smallest absolute Gasteiger partial charge is 0.276 e. The molecule has 126 valence electrons. The van der Waals surface area contributed by atoms with Crippen molar-refractivity contribution in [1.82, 2.24) is 20.4 Å². The standard InChI is InChI=1S/C17H21N5O2/c1-18-16(23)13-6-2-3-7-14(13)20-17(24)15-8-10-22(21-15)12-5-4-9-19-11-12/h2-3,6-8,10,12,19H,4-5,9,11H2,1H3,(H,18,23)(H,20,24). The fourth-order valence-corrected chi connectivity index (χ4v) is 2.83. The Labute approximate surface area is 140 Å². The second-order valence-electron chi connectivity index (χ2n) is 5.76. The van der Waals surface area contributed by atoms with Gasteiger partial charge in [-0.15, -0.1) is 0 Å². The second kappa shape index (κ2) is 7.27. The topological polar surface area (TPSA) is 88.0 Å². The molecular weight excluding hydrogens is 306 g/mol. The van der Waals surface area contributed by atoms with Gasteiger partial charge in [0.25, 0.3) is 11.8 Å². The Kier molecular flexibility index (Phi) is 4.90. The lowest BCUT2D eigenvalue weighted by Crippen LogP contribution is -2.32. The fraction of sp³-hybridized carbons (Fsp3) is 0.353. The molecule has 2 amide bonds. The molecule has 1 aromatic heterocycles. The van der Waals surface area contributed by atoms with E-state index in [1.165, 1.54) is 0 Å². The number of nitrogens with one attached hydrogen (secondary N) is 3. The molecule has 1 fully saturated rings. The van der Waals surface area contributed by atoms with Crippen molar-refractivity contribution in [3.63, 3.8) is 0 Å². The van der Waals surface area contributed by atoms with Crippen LogP contribution in [0.1, 0.15) is 39.7 Å². The first-order valence-corrected chi connectivity index (χ1v) is 8.07. The highest BCUT2D eigenvalue weighted by atomic mass is 16.2. The molecule has 2 aromatic rings. The van der Waals surface area contributed by atoms with Gasteiger partial charge in [-0.3, -0.25) is 14.3 Å². The second-order valence-corrected chi connectivity index (χ2v) is 5.76. The maximum absolute atomic E-state index is 12.4. The number of carbonyl (C=O) groups excluding carboxylic acids is 2. The van der Waals surface area contributed by atoms with Crippen LogP contribution in [0.3, 0.4) is 0 Å². The van der Waals surface area contributed by atoms with Gasteiger partial charge in [0.2, 0.25) is 0 Å². The predicted octanol–water partition coefficient (Wildman–Crippen LogP) is 1.42. The van der Waals surface area contributed by atoms with E-state index < -0.39 is 0 Å². The molecule has 3 N–H and O–H groups in total. The molecule has 0 bridgehead atoms. The summed E-state index contributed by atoms with van der Waals surface area (Å²) in [7, 11) is 1.56. The molecule has 1 unspecified atom stereocenters. The highest BCUT2D eigenvalue weighted by Crippen LogP contribution is 2.18. The van der Waals surface area contributed by atoms with Crippen LogP contribution in [-0.2, 0) is 0 Å². The highest BCUT2D eigenvalue weighted by molar-refractivity contribution is 6.08. The van der Waals surface area contributed by atoms with Crippen molar-refractivity contribution in [2.24, 2.45) is 0 Å². The normalized spacial score (nSPS) is 17.3. The molecule has 1 aromatic carbocycles. The summed E-state index contributed by atoms with van der Waals surface area (Å²) in [5.41, 5.74) is 1.23. The molecule has 0 aliphatic carbocycles. The molecule has 24 heavy (non-hydrogen) atoms. The number of nitrogens with zero attached hydrogens (tertiary/aromatic N) is 2. The lowest BCUT2D eigenvalue weighted by atomic mass is 10.1. The van der Waals surface area contributed by atoms with Crippen molar-refractivity contribution >= 4 is 17.5 Å². The minimum atomic E-state index is -0.325. The van der Waals surface area contributed by atoms with Crippen molar-refractivity contribution in [2.75, 3.05) is 25.5 Å². The number of carbonyl (C=O) groups is 2. The summed E-state index contributed by atoms with van der Waals surface area (Å²) in [6.45, 7) is 1.89. The third kappa shape index (κ3) is 3.46.